The highest BCUT2D eigenvalue weighted by atomic mass is 16.5. The summed E-state index contributed by atoms with van der Waals surface area (Å²) in [7, 11) is 5.02. The summed E-state index contributed by atoms with van der Waals surface area (Å²) in [6.07, 6.45) is 1.09. The van der Waals surface area contributed by atoms with Gasteiger partial charge in [-0.3, -0.25) is 4.99 Å². The van der Waals surface area contributed by atoms with E-state index < -0.39 is 0 Å². The van der Waals surface area contributed by atoms with Crippen molar-refractivity contribution in [3.05, 3.63) is 23.8 Å². The summed E-state index contributed by atoms with van der Waals surface area (Å²) in [4.78, 5) is 4.21. The number of methoxy groups -OCH3 is 2. The van der Waals surface area contributed by atoms with E-state index in [1.165, 1.54) is 0 Å². The molecule has 0 aromatic heterocycles. The highest BCUT2D eigenvalue weighted by Crippen LogP contribution is 2.27. The maximum atomic E-state index is 5.58. The van der Waals surface area contributed by atoms with Crippen molar-refractivity contribution < 1.29 is 14.2 Å². The zero-order valence-corrected chi connectivity index (χ0v) is 15.5. The molecule has 0 bridgehead atoms. The molecule has 6 heteroatoms. The second kappa shape index (κ2) is 11.6. The molecule has 0 spiro atoms. The van der Waals surface area contributed by atoms with Gasteiger partial charge in [-0.05, 0) is 30.0 Å². The van der Waals surface area contributed by atoms with Crippen LogP contribution in [0.25, 0.3) is 0 Å². The van der Waals surface area contributed by atoms with E-state index in [1.807, 2.05) is 18.2 Å². The van der Waals surface area contributed by atoms with Gasteiger partial charge >= 0.3 is 0 Å². The third-order valence-corrected chi connectivity index (χ3v) is 3.51. The topological polar surface area (TPSA) is 64.1 Å². The Morgan fingerprint density at radius 1 is 1.08 bits per heavy atom. The van der Waals surface area contributed by atoms with Crippen LogP contribution in [0.3, 0.4) is 0 Å². The minimum absolute atomic E-state index is 0.647. The highest BCUT2D eigenvalue weighted by Gasteiger charge is 2.05. The molecular formula is C18H31N3O3. The molecule has 0 aliphatic heterocycles. The largest absolute Gasteiger partial charge is 0.493 e. The average Bonchev–Trinajstić information content (AvgIpc) is 2.59. The number of rotatable bonds is 10. The van der Waals surface area contributed by atoms with Crippen molar-refractivity contribution >= 4 is 5.96 Å². The van der Waals surface area contributed by atoms with E-state index >= 15 is 0 Å². The summed E-state index contributed by atoms with van der Waals surface area (Å²) in [6.45, 7) is 7.24. The van der Waals surface area contributed by atoms with E-state index in [2.05, 4.69) is 29.5 Å². The SMILES string of the molecule is CN=C(NCCOCCC(C)C)NCc1ccc(OC)c(OC)c1. The van der Waals surface area contributed by atoms with Crippen LogP contribution in [0.5, 0.6) is 11.5 Å². The molecule has 1 rings (SSSR count). The van der Waals surface area contributed by atoms with Gasteiger partial charge in [-0.1, -0.05) is 19.9 Å². The van der Waals surface area contributed by atoms with Crippen molar-refractivity contribution in [1.82, 2.24) is 10.6 Å². The molecule has 0 fully saturated rings. The monoisotopic (exact) mass is 337 g/mol. The number of aliphatic imine (C=N–C) groups is 1. The molecule has 136 valence electrons. The van der Waals surface area contributed by atoms with Gasteiger partial charge in [0, 0.05) is 26.7 Å². The summed E-state index contributed by atoms with van der Waals surface area (Å²) >= 11 is 0. The molecule has 1 aromatic rings. The van der Waals surface area contributed by atoms with Crippen LogP contribution in [-0.4, -0.2) is 47.0 Å². The van der Waals surface area contributed by atoms with Gasteiger partial charge in [0.05, 0.1) is 20.8 Å². The van der Waals surface area contributed by atoms with Crippen LogP contribution in [0.2, 0.25) is 0 Å². The first kappa shape index (κ1) is 20.1. The Kier molecular flexibility index (Phi) is 9.68. The maximum Gasteiger partial charge on any atom is 0.191 e. The number of hydrogen-bond donors (Lipinski definition) is 2. The van der Waals surface area contributed by atoms with Crippen LogP contribution >= 0.6 is 0 Å². The number of hydrogen-bond acceptors (Lipinski definition) is 4. The molecule has 0 aliphatic carbocycles. The number of guanidine groups is 1. The average molecular weight is 337 g/mol. The summed E-state index contributed by atoms with van der Waals surface area (Å²) < 4.78 is 16.1. The molecule has 0 radical (unpaired) electrons. The van der Waals surface area contributed by atoms with E-state index in [0.717, 1.165) is 42.6 Å². The molecule has 0 atom stereocenters. The van der Waals surface area contributed by atoms with Gasteiger partial charge in [-0.25, -0.2) is 0 Å². The predicted octanol–water partition coefficient (Wildman–Crippen LogP) is 2.43. The van der Waals surface area contributed by atoms with Gasteiger partial charge in [-0.2, -0.15) is 0 Å². The lowest BCUT2D eigenvalue weighted by molar-refractivity contribution is 0.128. The van der Waals surface area contributed by atoms with Gasteiger partial charge in [0.2, 0.25) is 0 Å². The molecule has 0 saturated carbocycles. The second-order valence-electron chi connectivity index (χ2n) is 5.84. The van der Waals surface area contributed by atoms with Gasteiger partial charge < -0.3 is 24.8 Å². The van der Waals surface area contributed by atoms with Crippen LogP contribution in [0.1, 0.15) is 25.8 Å². The smallest absolute Gasteiger partial charge is 0.191 e. The Morgan fingerprint density at radius 3 is 2.46 bits per heavy atom. The van der Waals surface area contributed by atoms with Crippen LogP contribution < -0.4 is 20.1 Å². The molecule has 2 N–H and O–H groups in total. The first-order valence-electron chi connectivity index (χ1n) is 8.33. The summed E-state index contributed by atoms with van der Waals surface area (Å²) in [5.41, 5.74) is 1.09. The fourth-order valence-corrected chi connectivity index (χ4v) is 2.06. The van der Waals surface area contributed by atoms with Gasteiger partial charge in [0.15, 0.2) is 17.5 Å². The van der Waals surface area contributed by atoms with E-state index in [0.29, 0.717) is 19.1 Å². The summed E-state index contributed by atoms with van der Waals surface area (Å²) in [5, 5.41) is 6.51. The summed E-state index contributed by atoms with van der Waals surface area (Å²) in [6, 6.07) is 5.85. The Morgan fingerprint density at radius 2 is 1.83 bits per heavy atom. The molecule has 0 heterocycles. The third kappa shape index (κ3) is 7.55. The van der Waals surface area contributed by atoms with Crippen LogP contribution in [0.15, 0.2) is 23.2 Å². The van der Waals surface area contributed by atoms with Crippen LogP contribution in [0.4, 0.5) is 0 Å². The number of ether oxygens (including phenoxy) is 3. The van der Waals surface area contributed by atoms with Crippen LogP contribution in [0, 0.1) is 5.92 Å². The minimum atomic E-state index is 0.647. The first-order valence-corrected chi connectivity index (χ1v) is 8.33. The highest BCUT2D eigenvalue weighted by molar-refractivity contribution is 5.79. The Balaban J connectivity index is 2.33. The van der Waals surface area contributed by atoms with Crippen molar-refractivity contribution in [3.8, 4) is 11.5 Å². The number of benzene rings is 1. The van der Waals surface area contributed by atoms with Crippen LogP contribution in [-0.2, 0) is 11.3 Å². The lowest BCUT2D eigenvalue weighted by Crippen LogP contribution is -2.38. The second-order valence-corrected chi connectivity index (χ2v) is 5.84. The lowest BCUT2D eigenvalue weighted by Gasteiger charge is -2.14. The standard InChI is InChI=1S/C18H31N3O3/c1-14(2)8-10-24-11-9-20-18(19-3)21-13-15-6-7-16(22-4)17(12-15)23-5/h6-7,12,14H,8-11,13H2,1-5H3,(H2,19,20,21). The first-order chi connectivity index (χ1) is 11.6. The van der Waals surface area contributed by atoms with Crippen molar-refractivity contribution in [1.29, 1.82) is 0 Å². The fraction of sp³-hybridized carbons (Fsp3) is 0.611. The molecule has 0 amide bonds. The van der Waals surface area contributed by atoms with E-state index in [1.54, 1.807) is 21.3 Å². The normalized spacial score (nSPS) is 11.5. The third-order valence-electron chi connectivity index (χ3n) is 3.51. The van der Waals surface area contributed by atoms with Crippen molar-refractivity contribution in [2.24, 2.45) is 10.9 Å². The van der Waals surface area contributed by atoms with Crippen molar-refractivity contribution in [2.75, 3.05) is 41.0 Å². The van der Waals surface area contributed by atoms with Crippen molar-refractivity contribution in [3.63, 3.8) is 0 Å². The predicted molar refractivity (Wildman–Crippen MR) is 98.0 cm³/mol. The summed E-state index contributed by atoms with van der Waals surface area (Å²) in [5.74, 6) is 2.87. The zero-order valence-electron chi connectivity index (χ0n) is 15.5. The Bertz CT molecular complexity index is 504. The number of nitrogens with zero attached hydrogens (tertiary/aromatic N) is 1. The quantitative estimate of drug-likeness (QED) is 0.390. The van der Waals surface area contributed by atoms with Gasteiger partial charge in [0.25, 0.3) is 0 Å². The molecular weight excluding hydrogens is 306 g/mol. The molecule has 1 aromatic carbocycles. The minimum Gasteiger partial charge on any atom is -0.493 e. The molecule has 0 unspecified atom stereocenters. The molecule has 24 heavy (non-hydrogen) atoms. The molecule has 0 aliphatic rings. The molecule has 6 nitrogen and oxygen atoms in total. The van der Waals surface area contributed by atoms with Crippen molar-refractivity contribution in [2.45, 2.75) is 26.8 Å². The Hall–Kier alpha value is -1.95. The Labute approximate surface area is 145 Å². The molecule has 0 saturated heterocycles. The fourth-order valence-electron chi connectivity index (χ4n) is 2.06. The van der Waals surface area contributed by atoms with Gasteiger partial charge in [-0.15, -0.1) is 0 Å². The van der Waals surface area contributed by atoms with E-state index in [4.69, 9.17) is 14.2 Å². The van der Waals surface area contributed by atoms with E-state index in [-0.39, 0.29) is 0 Å². The lowest BCUT2D eigenvalue weighted by atomic mass is 10.1. The zero-order chi connectivity index (χ0) is 17.8. The van der Waals surface area contributed by atoms with E-state index in [9.17, 15) is 0 Å². The number of nitrogens with one attached hydrogen (secondary N) is 2. The van der Waals surface area contributed by atoms with Gasteiger partial charge in [0.1, 0.15) is 0 Å². The maximum absolute atomic E-state index is 5.58.